The maximum absolute atomic E-state index is 12.7. The van der Waals surface area contributed by atoms with E-state index in [-0.39, 0.29) is 11.8 Å². The molecule has 0 saturated heterocycles. The fraction of sp³-hybridized carbons (Fsp3) is 0.278. The first kappa shape index (κ1) is 16.7. The Morgan fingerprint density at radius 2 is 2.15 bits per heavy atom. The summed E-state index contributed by atoms with van der Waals surface area (Å²) >= 11 is 6.16. The first-order valence-corrected chi connectivity index (χ1v) is 8.82. The van der Waals surface area contributed by atoms with Crippen molar-refractivity contribution in [3.63, 3.8) is 0 Å². The number of nitrogens with zero attached hydrogens (tertiary/aromatic N) is 5. The second kappa shape index (κ2) is 7.21. The van der Waals surface area contributed by atoms with Crippen LogP contribution in [0, 0.1) is 0 Å². The van der Waals surface area contributed by atoms with Gasteiger partial charge in [-0.3, -0.25) is 9.78 Å². The quantitative estimate of drug-likeness (QED) is 0.765. The lowest BCUT2D eigenvalue weighted by atomic mass is 9.97. The first-order chi connectivity index (χ1) is 12.7. The van der Waals surface area contributed by atoms with E-state index in [4.69, 9.17) is 11.6 Å². The summed E-state index contributed by atoms with van der Waals surface area (Å²) in [6.07, 6.45) is 6.50. The fourth-order valence-electron chi connectivity index (χ4n) is 3.18. The molecule has 1 aromatic carbocycles. The van der Waals surface area contributed by atoms with Crippen LogP contribution in [-0.2, 0) is 17.9 Å². The molecule has 0 fully saturated rings. The van der Waals surface area contributed by atoms with Gasteiger partial charge in [0.2, 0.25) is 5.91 Å². The van der Waals surface area contributed by atoms with Crippen LogP contribution < -0.4 is 5.32 Å². The highest BCUT2D eigenvalue weighted by Crippen LogP contribution is 2.29. The molecular formula is C18H17ClN6O. The summed E-state index contributed by atoms with van der Waals surface area (Å²) in [6.45, 7) is 1.16. The number of fused-ring (bicyclic) bond motifs is 1. The van der Waals surface area contributed by atoms with Gasteiger partial charge in [0.25, 0.3) is 0 Å². The van der Waals surface area contributed by atoms with Crippen molar-refractivity contribution in [1.29, 1.82) is 0 Å². The van der Waals surface area contributed by atoms with Crippen molar-refractivity contribution in [2.24, 2.45) is 0 Å². The third kappa shape index (κ3) is 3.17. The van der Waals surface area contributed by atoms with Crippen molar-refractivity contribution >= 4 is 17.5 Å². The van der Waals surface area contributed by atoms with E-state index >= 15 is 0 Å². The average Bonchev–Trinajstić information content (AvgIpc) is 3.12. The summed E-state index contributed by atoms with van der Waals surface area (Å²) in [5.74, 6) is 0.929. The maximum Gasteiger partial charge on any atom is 0.231 e. The Morgan fingerprint density at radius 3 is 2.96 bits per heavy atom. The van der Waals surface area contributed by atoms with E-state index in [0.717, 1.165) is 24.9 Å². The highest BCUT2D eigenvalue weighted by atomic mass is 35.5. The van der Waals surface area contributed by atoms with E-state index in [1.54, 1.807) is 18.6 Å². The Hall–Kier alpha value is -2.80. The number of hydrogen-bond donors (Lipinski definition) is 1. The highest BCUT2D eigenvalue weighted by molar-refractivity contribution is 6.31. The van der Waals surface area contributed by atoms with Crippen molar-refractivity contribution in [1.82, 2.24) is 30.0 Å². The van der Waals surface area contributed by atoms with Crippen LogP contribution in [0.3, 0.4) is 0 Å². The second-order valence-electron chi connectivity index (χ2n) is 6.13. The van der Waals surface area contributed by atoms with Crippen LogP contribution in [0.5, 0.6) is 0 Å². The largest absolute Gasteiger partial charge is 0.351 e. The molecule has 2 aromatic heterocycles. The molecule has 0 aliphatic carbocycles. The Labute approximate surface area is 155 Å². The van der Waals surface area contributed by atoms with Crippen LogP contribution >= 0.6 is 11.6 Å². The number of aromatic nitrogens is 5. The van der Waals surface area contributed by atoms with E-state index in [9.17, 15) is 4.79 Å². The van der Waals surface area contributed by atoms with Crippen LogP contribution in [0.4, 0.5) is 0 Å². The molecule has 3 heterocycles. The second-order valence-corrected chi connectivity index (χ2v) is 6.54. The molecule has 1 amide bonds. The van der Waals surface area contributed by atoms with Gasteiger partial charge in [-0.05, 0) is 24.5 Å². The Balaban J connectivity index is 1.54. The zero-order valence-corrected chi connectivity index (χ0v) is 14.7. The summed E-state index contributed by atoms with van der Waals surface area (Å²) in [5.41, 5.74) is 1.54. The molecule has 1 aliphatic rings. The summed E-state index contributed by atoms with van der Waals surface area (Å²) in [7, 11) is 0. The number of halogens is 1. The lowest BCUT2D eigenvalue weighted by Crippen LogP contribution is -2.33. The molecule has 0 spiro atoms. The van der Waals surface area contributed by atoms with Gasteiger partial charge < -0.3 is 9.88 Å². The normalized spacial score (nSPS) is 16.1. The van der Waals surface area contributed by atoms with E-state index in [1.165, 1.54) is 0 Å². The minimum atomic E-state index is -0.329. The Morgan fingerprint density at radius 1 is 1.27 bits per heavy atom. The number of nitrogens with one attached hydrogen (secondary N) is 1. The van der Waals surface area contributed by atoms with Crippen molar-refractivity contribution in [2.75, 3.05) is 0 Å². The van der Waals surface area contributed by atoms with Gasteiger partial charge in [0.05, 0.1) is 12.1 Å². The predicted molar refractivity (Wildman–Crippen MR) is 96.3 cm³/mol. The van der Waals surface area contributed by atoms with Crippen molar-refractivity contribution < 1.29 is 4.79 Å². The molecule has 0 radical (unpaired) electrons. The van der Waals surface area contributed by atoms with Crippen LogP contribution in [0.25, 0.3) is 11.5 Å². The number of carbonyl (C=O) groups excluding carboxylic acids is 1. The standard InChI is InChI=1S/C18H17ClN6O/c19-14-6-2-1-4-12(14)10-22-18(26)13-5-3-9-25-16(13)23-24-17(25)15-11-20-7-8-21-15/h1-2,4,6-8,11,13H,3,5,9-10H2,(H,22,26). The predicted octanol–water partition coefficient (Wildman–Crippen LogP) is 2.58. The third-order valence-electron chi connectivity index (χ3n) is 4.49. The number of hydrogen-bond acceptors (Lipinski definition) is 5. The first-order valence-electron chi connectivity index (χ1n) is 8.44. The molecule has 132 valence electrons. The van der Waals surface area contributed by atoms with Crippen molar-refractivity contribution in [3.8, 4) is 11.5 Å². The van der Waals surface area contributed by atoms with Gasteiger partial charge in [-0.15, -0.1) is 10.2 Å². The van der Waals surface area contributed by atoms with Gasteiger partial charge in [-0.1, -0.05) is 29.8 Å². The van der Waals surface area contributed by atoms with Crippen molar-refractivity contribution in [2.45, 2.75) is 31.8 Å². The Kier molecular flexibility index (Phi) is 4.62. The molecule has 1 unspecified atom stereocenters. The number of carbonyl (C=O) groups is 1. The van der Waals surface area contributed by atoms with E-state index in [2.05, 4.69) is 25.5 Å². The topological polar surface area (TPSA) is 85.6 Å². The lowest BCUT2D eigenvalue weighted by molar-refractivity contribution is -0.123. The molecular weight excluding hydrogens is 352 g/mol. The summed E-state index contributed by atoms with van der Waals surface area (Å²) in [6, 6.07) is 7.48. The third-order valence-corrected chi connectivity index (χ3v) is 4.85. The van der Waals surface area contributed by atoms with E-state index < -0.39 is 0 Å². The van der Waals surface area contributed by atoms with Crippen LogP contribution in [-0.4, -0.2) is 30.6 Å². The molecule has 7 nitrogen and oxygen atoms in total. The summed E-state index contributed by atoms with van der Waals surface area (Å²) in [4.78, 5) is 21.1. The van der Waals surface area contributed by atoms with Crippen LogP contribution in [0.15, 0.2) is 42.9 Å². The summed E-state index contributed by atoms with van der Waals surface area (Å²) < 4.78 is 1.97. The molecule has 26 heavy (non-hydrogen) atoms. The molecule has 0 bridgehead atoms. The van der Waals surface area contributed by atoms with Gasteiger partial charge >= 0.3 is 0 Å². The van der Waals surface area contributed by atoms with E-state index in [1.807, 2.05) is 28.8 Å². The molecule has 1 aliphatic heterocycles. The minimum absolute atomic E-state index is 0.0658. The zero-order valence-electron chi connectivity index (χ0n) is 14.0. The zero-order chi connectivity index (χ0) is 17.9. The smallest absolute Gasteiger partial charge is 0.231 e. The van der Waals surface area contributed by atoms with Gasteiger partial charge in [-0.25, -0.2) is 4.98 Å². The number of rotatable bonds is 4. The SMILES string of the molecule is O=C(NCc1ccccc1Cl)C1CCCn2c(-c3cnccn3)nnc21. The number of amides is 1. The van der Waals surface area contributed by atoms with Crippen molar-refractivity contribution in [3.05, 3.63) is 59.3 Å². The number of benzene rings is 1. The van der Waals surface area contributed by atoms with Gasteiger partial charge in [0.15, 0.2) is 5.82 Å². The average molecular weight is 369 g/mol. The maximum atomic E-state index is 12.7. The molecule has 3 aromatic rings. The fourth-order valence-corrected chi connectivity index (χ4v) is 3.38. The van der Waals surface area contributed by atoms with Gasteiger partial charge in [0, 0.05) is 30.5 Å². The summed E-state index contributed by atoms with van der Waals surface area (Å²) in [5, 5.41) is 12.1. The van der Waals surface area contributed by atoms with Crippen LogP contribution in [0.1, 0.15) is 30.1 Å². The molecule has 1 atom stereocenters. The molecule has 1 N–H and O–H groups in total. The lowest BCUT2D eigenvalue weighted by Gasteiger charge is -2.23. The van der Waals surface area contributed by atoms with E-state index in [0.29, 0.717) is 28.9 Å². The van der Waals surface area contributed by atoms with Gasteiger partial charge in [0.1, 0.15) is 11.5 Å². The van der Waals surface area contributed by atoms with Crippen LogP contribution in [0.2, 0.25) is 5.02 Å². The monoisotopic (exact) mass is 368 g/mol. The minimum Gasteiger partial charge on any atom is -0.351 e. The Bertz CT molecular complexity index is 926. The molecule has 8 heteroatoms. The molecule has 4 rings (SSSR count). The van der Waals surface area contributed by atoms with Gasteiger partial charge in [-0.2, -0.15) is 0 Å². The molecule has 0 saturated carbocycles. The highest BCUT2D eigenvalue weighted by Gasteiger charge is 2.31.